The Hall–Kier alpha value is -1.36. The molecule has 0 saturated heterocycles. The molecule has 1 unspecified atom stereocenters. The highest BCUT2D eigenvalue weighted by atomic mass is 16.1. The van der Waals surface area contributed by atoms with Gasteiger partial charge in [0.25, 0.3) is 0 Å². The number of nitrogens with two attached hydrogens (primary N) is 1. The van der Waals surface area contributed by atoms with E-state index in [2.05, 4.69) is 15.5 Å². The third kappa shape index (κ3) is 3.57. The molecule has 0 aliphatic rings. The van der Waals surface area contributed by atoms with E-state index in [9.17, 15) is 4.79 Å². The first-order chi connectivity index (χ1) is 6.72. The molecule has 0 radical (unpaired) electrons. The number of hydrogen-bond acceptors (Lipinski definition) is 3. The Labute approximate surface area is 83.1 Å². The van der Waals surface area contributed by atoms with Crippen molar-refractivity contribution in [3.05, 3.63) is 12.3 Å². The van der Waals surface area contributed by atoms with Gasteiger partial charge in [0.2, 0.25) is 5.91 Å². The van der Waals surface area contributed by atoms with Gasteiger partial charge in [0.15, 0.2) is 0 Å². The number of aromatic nitrogens is 2. The van der Waals surface area contributed by atoms with E-state index in [1.807, 2.05) is 6.92 Å². The first kappa shape index (κ1) is 10.7. The predicted molar refractivity (Wildman–Crippen MR) is 54.7 cm³/mol. The lowest BCUT2D eigenvalue weighted by atomic mass is 10.1. The fraction of sp³-hybridized carbons (Fsp3) is 0.556. The van der Waals surface area contributed by atoms with Crippen LogP contribution in [0.1, 0.15) is 26.2 Å². The van der Waals surface area contributed by atoms with Gasteiger partial charge in [0.1, 0.15) is 5.82 Å². The van der Waals surface area contributed by atoms with E-state index >= 15 is 0 Å². The molecule has 1 atom stereocenters. The van der Waals surface area contributed by atoms with Gasteiger partial charge in [-0.15, -0.1) is 0 Å². The Balaban J connectivity index is 2.29. The van der Waals surface area contributed by atoms with Crippen molar-refractivity contribution in [2.24, 2.45) is 5.73 Å². The molecule has 0 spiro atoms. The lowest BCUT2D eigenvalue weighted by Gasteiger charge is -2.09. The van der Waals surface area contributed by atoms with Gasteiger partial charge in [-0.25, -0.2) is 0 Å². The number of anilines is 1. The fourth-order valence-electron chi connectivity index (χ4n) is 1.24. The molecule has 14 heavy (non-hydrogen) atoms. The molecule has 5 heteroatoms. The van der Waals surface area contributed by atoms with Crippen LogP contribution in [0.25, 0.3) is 0 Å². The molecule has 0 aliphatic carbocycles. The minimum absolute atomic E-state index is 0.0529. The van der Waals surface area contributed by atoms with Crippen molar-refractivity contribution < 1.29 is 4.79 Å². The van der Waals surface area contributed by atoms with Gasteiger partial charge >= 0.3 is 0 Å². The molecule has 1 amide bonds. The normalized spacial score (nSPS) is 12.4. The Kier molecular flexibility index (Phi) is 4.12. The monoisotopic (exact) mass is 196 g/mol. The van der Waals surface area contributed by atoms with Crippen LogP contribution in [0.3, 0.4) is 0 Å². The maximum atomic E-state index is 11.4. The molecule has 1 heterocycles. The van der Waals surface area contributed by atoms with Crippen molar-refractivity contribution in [2.75, 3.05) is 5.32 Å². The molecule has 4 N–H and O–H groups in total. The molecule has 0 aromatic carbocycles. The predicted octanol–water partition coefficient (Wildman–Crippen LogP) is 0.866. The van der Waals surface area contributed by atoms with Gasteiger partial charge in [0, 0.05) is 18.5 Å². The topological polar surface area (TPSA) is 83.8 Å². The van der Waals surface area contributed by atoms with Crippen LogP contribution in [0, 0.1) is 0 Å². The van der Waals surface area contributed by atoms with E-state index in [0.29, 0.717) is 12.2 Å². The summed E-state index contributed by atoms with van der Waals surface area (Å²) < 4.78 is 0. The second kappa shape index (κ2) is 5.39. The molecule has 1 rings (SSSR count). The Morgan fingerprint density at radius 3 is 3.14 bits per heavy atom. The molecule has 1 aromatic heterocycles. The van der Waals surface area contributed by atoms with Crippen molar-refractivity contribution in [1.82, 2.24) is 10.2 Å². The fourth-order valence-corrected chi connectivity index (χ4v) is 1.24. The summed E-state index contributed by atoms with van der Waals surface area (Å²) in [5.74, 6) is 0.536. The molecule has 0 aliphatic heterocycles. The Morgan fingerprint density at radius 1 is 1.79 bits per heavy atom. The van der Waals surface area contributed by atoms with E-state index in [0.717, 1.165) is 12.8 Å². The number of amides is 1. The highest BCUT2D eigenvalue weighted by molar-refractivity contribution is 5.90. The maximum Gasteiger partial charge on any atom is 0.227 e. The van der Waals surface area contributed by atoms with Crippen molar-refractivity contribution >= 4 is 11.7 Å². The zero-order valence-corrected chi connectivity index (χ0v) is 8.29. The lowest BCUT2D eigenvalue weighted by Crippen LogP contribution is -2.26. The first-order valence-electron chi connectivity index (χ1n) is 4.77. The number of hydrogen-bond donors (Lipinski definition) is 3. The van der Waals surface area contributed by atoms with Gasteiger partial charge in [-0.3, -0.25) is 9.89 Å². The molecule has 0 fully saturated rings. The molecule has 1 aromatic rings. The summed E-state index contributed by atoms with van der Waals surface area (Å²) in [6.07, 6.45) is 3.81. The van der Waals surface area contributed by atoms with Crippen LogP contribution >= 0.6 is 0 Å². The van der Waals surface area contributed by atoms with Gasteiger partial charge in [-0.2, -0.15) is 5.10 Å². The Morgan fingerprint density at radius 2 is 2.57 bits per heavy atom. The van der Waals surface area contributed by atoms with Crippen LogP contribution in [-0.4, -0.2) is 22.1 Å². The van der Waals surface area contributed by atoms with E-state index in [1.165, 1.54) is 0 Å². The standard InChI is InChI=1S/C9H16N4O/c1-2-3-7(10)6-9(14)12-8-4-5-11-13-8/h4-5,7H,2-3,6,10H2,1H3,(H2,11,12,13,14). The number of aromatic amines is 1. The highest BCUT2D eigenvalue weighted by Crippen LogP contribution is 2.03. The van der Waals surface area contributed by atoms with Gasteiger partial charge in [-0.1, -0.05) is 13.3 Å². The molecule has 78 valence electrons. The third-order valence-electron chi connectivity index (χ3n) is 1.88. The van der Waals surface area contributed by atoms with E-state index in [1.54, 1.807) is 12.3 Å². The number of nitrogens with zero attached hydrogens (tertiary/aromatic N) is 1. The smallest absolute Gasteiger partial charge is 0.227 e. The zero-order valence-electron chi connectivity index (χ0n) is 8.29. The number of H-pyrrole nitrogens is 1. The van der Waals surface area contributed by atoms with Crippen LogP contribution in [0.4, 0.5) is 5.82 Å². The van der Waals surface area contributed by atoms with Crippen LogP contribution in [-0.2, 0) is 4.79 Å². The average Bonchev–Trinajstić information content (AvgIpc) is 2.56. The number of nitrogens with one attached hydrogen (secondary N) is 2. The highest BCUT2D eigenvalue weighted by Gasteiger charge is 2.08. The minimum atomic E-state index is -0.0739. The van der Waals surface area contributed by atoms with Crippen LogP contribution in [0.15, 0.2) is 12.3 Å². The van der Waals surface area contributed by atoms with E-state index in [-0.39, 0.29) is 11.9 Å². The summed E-state index contributed by atoms with van der Waals surface area (Å²) in [6, 6.07) is 1.64. The third-order valence-corrected chi connectivity index (χ3v) is 1.88. The first-order valence-corrected chi connectivity index (χ1v) is 4.77. The van der Waals surface area contributed by atoms with Gasteiger partial charge in [0.05, 0.1) is 6.20 Å². The van der Waals surface area contributed by atoms with Crippen molar-refractivity contribution in [3.63, 3.8) is 0 Å². The van der Waals surface area contributed by atoms with E-state index in [4.69, 9.17) is 5.73 Å². The quantitative estimate of drug-likeness (QED) is 0.653. The van der Waals surface area contributed by atoms with E-state index < -0.39 is 0 Å². The lowest BCUT2D eigenvalue weighted by molar-refractivity contribution is -0.116. The van der Waals surface area contributed by atoms with Crippen molar-refractivity contribution in [1.29, 1.82) is 0 Å². The van der Waals surface area contributed by atoms with Crippen LogP contribution in [0.5, 0.6) is 0 Å². The molecule has 0 bridgehead atoms. The molecular weight excluding hydrogens is 180 g/mol. The molecule has 5 nitrogen and oxygen atoms in total. The summed E-state index contributed by atoms with van der Waals surface area (Å²) in [7, 11) is 0. The summed E-state index contributed by atoms with van der Waals surface area (Å²) in [6.45, 7) is 2.05. The number of rotatable bonds is 5. The minimum Gasteiger partial charge on any atom is -0.327 e. The molecular formula is C9H16N4O. The second-order valence-electron chi connectivity index (χ2n) is 3.27. The van der Waals surface area contributed by atoms with Crippen LogP contribution < -0.4 is 11.1 Å². The van der Waals surface area contributed by atoms with Gasteiger partial charge in [-0.05, 0) is 6.42 Å². The second-order valence-corrected chi connectivity index (χ2v) is 3.27. The summed E-state index contributed by atoms with van der Waals surface area (Å²) >= 11 is 0. The number of carbonyl (C=O) groups excluding carboxylic acids is 1. The SMILES string of the molecule is CCCC(N)CC(=O)Nc1ccn[nH]1. The largest absolute Gasteiger partial charge is 0.327 e. The summed E-state index contributed by atoms with van der Waals surface area (Å²) in [4.78, 5) is 11.4. The Bertz CT molecular complexity index is 270. The molecule has 0 saturated carbocycles. The van der Waals surface area contributed by atoms with Crippen LogP contribution in [0.2, 0.25) is 0 Å². The van der Waals surface area contributed by atoms with Crippen molar-refractivity contribution in [3.8, 4) is 0 Å². The van der Waals surface area contributed by atoms with Crippen molar-refractivity contribution in [2.45, 2.75) is 32.2 Å². The maximum absolute atomic E-state index is 11.4. The zero-order chi connectivity index (χ0) is 10.4. The van der Waals surface area contributed by atoms with Gasteiger partial charge < -0.3 is 11.1 Å². The average molecular weight is 196 g/mol. The summed E-state index contributed by atoms with van der Waals surface area (Å²) in [5, 5.41) is 9.04. The summed E-state index contributed by atoms with van der Waals surface area (Å²) in [5.41, 5.74) is 5.73. The number of carbonyl (C=O) groups is 1.